The first kappa shape index (κ1) is 18.7. The first-order chi connectivity index (χ1) is 13.6. The van der Waals surface area contributed by atoms with Crippen molar-refractivity contribution in [3.63, 3.8) is 0 Å². The molecule has 7 heteroatoms. The molecule has 1 fully saturated rings. The van der Waals surface area contributed by atoms with Crippen LogP contribution in [0.4, 0.5) is 0 Å². The van der Waals surface area contributed by atoms with Gasteiger partial charge in [-0.25, -0.2) is 0 Å². The molecule has 0 aromatic heterocycles. The Balaban J connectivity index is 1.30. The molecule has 0 unspecified atom stereocenters. The number of amides is 1. The standard InChI is InChI=1S/C21H22ClNO5/c1-25-15-6-8-18(22)17(10-15)21(24)23-13-2-4-14(5-3-13)28-16-7-9-19-20(11-16)27-12-26-19/h6-11,13-14H,2-5,12H2,1H3,(H,23,24). The molecule has 1 saturated carbocycles. The van der Waals surface area contributed by atoms with E-state index < -0.39 is 0 Å². The third-order valence-corrected chi connectivity index (χ3v) is 5.40. The second kappa shape index (κ2) is 8.19. The molecule has 148 valence electrons. The van der Waals surface area contributed by atoms with Crippen molar-refractivity contribution in [2.75, 3.05) is 13.9 Å². The van der Waals surface area contributed by atoms with E-state index >= 15 is 0 Å². The zero-order valence-corrected chi connectivity index (χ0v) is 16.3. The number of methoxy groups -OCH3 is 1. The van der Waals surface area contributed by atoms with Crippen molar-refractivity contribution in [3.05, 3.63) is 47.0 Å². The number of nitrogens with one attached hydrogen (secondary N) is 1. The smallest absolute Gasteiger partial charge is 0.253 e. The topological polar surface area (TPSA) is 66.0 Å². The third kappa shape index (κ3) is 4.12. The molecule has 0 atom stereocenters. The van der Waals surface area contributed by atoms with Crippen molar-refractivity contribution < 1.29 is 23.7 Å². The summed E-state index contributed by atoms with van der Waals surface area (Å²) in [6.45, 7) is 0.251. The Morgan fingerprint density at radius 2 is 1.79 bits per heavy atom. The maximum Gasteiger partial charge on any atom is 0.253 e. The molecule has 6 nitrogen and oxygen atoms in total. The maximum atomic E-state index is 12.6. The van der Waals surface area contributed by atoms with E-state index in [1.54, 1.807) is 25.3 Å². The Kier molecular flexibility index (Phi) is 5.48. The van der Waals surface area contributed by atoms with E-state index in [9.17, 15) is 4.79 Å². The molecular formula is C21H22ClNO5. The first-order valence-corrected chi connectivity index (χ1v) is 9.71. The molecule has 0 radical (unpaired) electrons. The van der Waals surface area contributed by atoms with Gasteiger partial charge in [-0.3, -0.25) is 4.79 Å². The normalized spacial score (nSPS) is 20.5. The minimum absolute atomic E-state index is 0.103. The van der Waals surface area contributed by atoms with Crippen LogP contribution in [0.1, 0.15) is 36.0 Å². The minimum atomic E-state index is -0.177. The van der Waals surface area contributed by atoms with Crippen molar-refractivity contribution in [2.24, 2.45) is 0 Å². The Morgan fingerprint density at radius 1 is 1.04 bits per heavy atom. The van der Waals surface area contributed by atoms with Gasteiger partial charge in [-0.05, 0) is 56.0 Å². The van der Waals surface area contributed by atoms with Gasteiger partial charge in [0.25, 0.3) is 5.91 Å². The number of fused-ring (bicyclic) bond motifs is 1. The predicted octanol–water partition coefficient (Wildman–Crippen LogP) is 4.20. The van der Waals surface area contributed by atoms with Crippen molar-refractivity contribution in [3.8, 4) is 23.0 Å². The zero-order chi connectivity index (χ0) is 19.5. The number of carbonyl (C=O) groups excluding carboxylic acids is 1. The lowest BCUT2D eigenvalue weighted by atomic mass is 9.92. The van der Waals surface area contributed by atoms with Crippen molar-refractivity contribution in [1.82, 2.24) is 5.32 Å². The van der Waals surface area contributed by atoms with Crippen molar-refractivity contribution in [2.45, 2.75) is 37.8 Å². The highest BCUT2D eigenvalue weighted by molar-refractivity contribution is 6.33. The van der Waals surface area contributed by atoms with Gasteiger partial charge in [0.1, 0.15) is 11.5 Å². The number of halogens is 1. The SMILES string of the molecule is COc1ccc(Cl)c(C(=O)NC2CCC(Oc3ccc4c(c3)OCO4)CC2)c1. The van der Waals surface area contributed by atoms with Crippen LogP contribution in [0.15, 0.2) is 36.4 Å². The van der Waals surface area contributed by atoms with Crippen LogP contribution in [0.25, 0.3) is 0 Å². The van der Waals surface area contributed by atoms with Gasteiger partial charge in [-0.2, -0.15) is 0 Å². The number of ether oxygens (including phenoxy) is 4. The summed E-state index contributed by atoms with van der Waals surface area (Å²) in [6, 6.07) is 10.8. The summed E-state index contributed by atoms with van der Waals surface area (Å²) in [5.41, 5.74) is 0.430. The molecule has 2 aromatic rings. The van der Waals surface area contributed by atoms with Crippen LogP contribution < -0.4 is 24.3 Å². The number of benzene rings is 2. The lowest BCUT2D eigenvalue weighted by Crippen LogP contribution is -2.39. The summed E-state index contributed by atoms with van der Waals surface area (Å²) < 4.78 is 22.0. The summed E-state index contributed by atoms with van der Waals surface area (Å²) in [6.07, 6.45) is 3.55. The van der Waals surface area contributed by atoms with Crippen molar-refractivity contribution in [1.29, 1.82) is 0 Å². The highest BCUT2D eigenvalue weighted by atomic mass is 35.5. The van der Waals surface area contributed by atoms with Gasteiger partial charge in [0, 0.05) is 12.1 Å². The lowest BCUT2D eigenvalue weighted by Gasteiger charge is -2.29. The average molecular weight is 404 g/mol. The molecule has 1 aliphatic carbocycles. The summed E-state index contributed by atoms with van der Waals surface area (Å²) in [5.74, 6) is 2.67. The van der Waals surface area contributed by atoms with Crippen LogP contribution in [0.3, 0.4) is 0 Å². The highest BCUT2D eigenvalue weighted by Gasteiger charge is 2.25. The molecule has 0 bridgehead atoms. The number of hydrogen-bond donors (Lipinski definition) is 1. The molecule has 2 aliphatic rings. The Labute approximate surface area is 168 Å². The van der Waals surface area contributed by atoms with E-state index in [2.05, 4.69) is 5.32 Å². The van der Waals surface area contributed by atoms with Gasteiger partial charge in [-0.15, -0.1) is 0 Å². The highest BCUT2D eigenvalue weighted by Crippen LogP contribution is 2.36. The van der Waals surface area contributed by atoms with E-state index in [4.69, 9.17) is 30.5 Å². The average Bonchev–Trinajstić information content (AvgIpc) is 3.17. The molecule has 0 saturated heterocycles. The van der Waals surface area contributed by atoms with Gasteiger partial charge in [0.05, 0.1) is 23.8 Å². The van der Waals surface area contributed by atoms with E-state index in [-0.39, 0.29) is 24.8 Å². The van der Waals surface area contributed by atoms with Gasteiger partial charge in [0.2, 0.25) is 6.79 Å². The molecule has 1 amide bonds. The van der Waals surface area contributed by atoms with Crippen LogP contribution in [0.5, 0.6) is 23.0 Å². The summed E-state index contributed by atoms with van der Waals surface area (Å²) in [7, 11) is 1.56. The van der Waals surface area contributed by atoms with Gasteiger partial charge >= 0.3 is 0 Å². The number of rotatable bonds is 5. The molecule has 0 spiro atoms. The van der Waals surface area contributed by atoms with E-state index in [0.29, 0.717) is 22.1 Å². The molecule has 1 aliphatic heterocycles. The summed E-state index contributed by atoms with van der Waals surface area (Å²) in [4.78, 5) is 12.6. The minimum Gasteiger partial charge on any atom is -0.497 e. The molecule has 2 aromatic carbocycles. The summed E-state index contributed by atoms with van der Waals surface area (Å²) >= 11 is 6.16. The molecule has 1 heterocycles. The predicted molar refractivity (Wildman–Crippen MR) is 105 cm³/mol. The fourth-order valence-electron chi connectivity index (χ4n) is 3.54. The summed E-state index contributed by atoms with van der Waals surface area (Å²) in [5, 5.41) is 3.49. The molecular weight excluding hydrogens is 382 g/mol. The fourth-order valence-corrected chi connectivity index (χ4v) is 3.74. The van der Waals surface area contributed by atoms with Crippen LogP contribution in [-0.4, -0.2) is 32.0 Å². The Morgan fingerprint density at radius 3 is 2.57 bits per heavy atom. The van der Waals surface area contributed by atoms with Gasteiger partial charge in [-0.1, -0.05) is 11.6 Å². The van der Waals surface area contributed by atoms with Crippen LogP contribution >= 0.6 is 11.6 Å². The first-order valence-electron chi connectivity index (χ1n) is 9.33. The third-order valence-electron chi connectivity index (χ3n) is 5.07. The second-order valence-electron chi connectivity index (χ2n) is 6.93. The second-order valence-corrected chi connectivity index (χ2v) is 7.33. The largest absolute Gasteiger partial charge is 0.497 e. The Hall–Kier alpha value is -2.60. The van der Waals surface area contributed by atoms with Crippen LogP contribution in [0, 0.1) is 0 Å². The van der Waals surface area contributed by atoms with Crippen LogP contribution in [-0.2, 0) is 0 Å². The fraction of sp³-hybridized carbons (Fsp3) is 0.381. The number of carbonyl (C=O) groups is 1. The van der Waals surface area contributed by atoms with Gasteiger partial charge in [0.15, 0.2) is 11.5 Å². The maximum absolute atomic E-state index is 12.6. The number of hydrogen-bond acceptors (Lipinski definition) is 5. The molecule has 28 heavy (non-hydrogen) atoms. The zero-order valence-electron chi connectivity index (χ0n) is 15.6. The molecule has 1 N–H and O–H groups in total. The van der Waals surface area contributed by atoms with E-state index in [0.717, 1.165) is 37.2 Å². The van der Waals surface area contributed by atoms with Crippen LogP contribution in [0.2, 0.25) is 5.02 Å². The molecule has 4 rings (SSSR count). The monoisotopic (exact) mass is 403 g/mol. The quantitative estimate of drug-likeness (QED) is 0.810. The Bertz CT molecular complexity index is 864. The van der Waals surface area contributed by atoms with E-state index in [1.165, 1.54) is 0 Å². The van der Waals surface area contributed by atoms with E-state index in [1.807, 2.05) is 18.2 Å². The van der Waals surface area contributed by atoms with Crippen molar-refractivity contribution >= 4 is 17.5 Å². The van der Waals surface area contributed by atoms with Gasteiger partial charge < -0.3 is 24.3 Å². The lowest BCUT2D eigenvalue weighted by molar-refractivity contribution is 0.0893.